The van der Waals surface area contributed by atoms with Crippen molar-refractivity contribution in [3.63, 3.8) is 0 Å². The van der Waals surface area contributed by atoms with Crippen molar-refractivity contribution in [1.29, 1.82) is 0 Å². The first kappa shape index (κ1) is 27.0. The van der Waals surface area contributed by atoms with E-state index < -0.39 is 35.2 Å². The third-order valence-electron chi connectivity index (χ3n) is 6.79. The molecule has 2 aromatic carbocycles. The number of imide groups is 1. The highest BCUT2D eigenvalue weighted by Crippen LogP contribution is 2.30. The topological polar surface area (TPSA) is 99.2 Å². The van der Waals surface area contributed by atoms with Gasteiger partial charge in [-0.25, -0.2) is 9.59 Å². The second-order valence-corrected chi connectivity index (χ2v) is 11.5. The predicted molar refractivity (Wildman–Crippen MR) is 152 cm³/mol. The Morgan fingerprint density at radius 2 is 1.90 bits per heavy atom. The molecule has 0 aliphatic carbocycles. The fraction of sp³-hybridized carbons (Fsp3) is 0.516. The molecule has 3 rings (SSSR count). The third kappa shape index (κ3) is 8.47. The minimum Gasteiger partial charge on any atom is -0.508 e. The highest BCUT2D eigenvalue weighted by Gasteiger charge is 2.41. The maximum Gasteiger partial charge on any atom is 0.408 e. The zero-order valence-corrected chi connectivity index (χ0v) is 23.5. The number of benzene rings is 2. The number of carbonyl (C=O) groups is 3. The lowest BCUT2D eigenvalue weighted by molar-refractivity contribution is -0.131. The average Bonchev–Trinajstić information content (AvgIpc) is 3.32. The van der Waals surface area contributed by atoms with Crippen molar-refractivity contribution in [2.75, 3.05) is 13.1 Å². The number of phenolic OH excluding ortho intramolecular Hbond substituents is 1. The second-order valence-electron chi connectivity index (χ2n) is 11.5. The summed E-state index contributed by atoms with van der Waals surface area (Å²) in [4.78, 5) is 43.8. The van der Waals surface area contributed by atoms with E-state index in [0.717, 1.165) is 17.5 Å². The van der Waals surface area contributed by atoms with E-state index in [2.05, 4.69) is 5.32 Å². The quantitative estimate of drug-likeness (QED) is 0.455. The van der Waals surface area contributed by atoms with Crippen molar-refractivity contribution in [3.8, 4) is 5.75 Å². The van der Waals surface area contributed by atoms with Gasteiger partial charge >= 0.3 is 12.1 Å². The molecule has 2 aromatic rings. The molecule has 0 aromatic heterocycles. The molecular weight excluding hydrogens is 494 g/mol. The number of rotatable bonds is 8. The zero-order chi connectivity index (χ0) is 30.2. The number of hydrogen-bond donors (Lipinski definition) is 2. The van der Waals surface area contributed by atoms with Crippen LogP contribution >= 0.6 is 0 Å². The summed E-state index contributed by atoms with van der Waals surface area (Å²) >= 11 is 0. The number of nitrogens with zero attached hydrogens (tertiary/aromatic N) is 2. The molecule has 0 saturated carbocycles. The van der Waals surface area contributed by atoms with Gasteiger partial charge in [-0.1, -0.05) is 36.4 Å². The van der Waals surface area contributed by atoms with Crippen LogP contribution in [0.1, 0.15) is 73.3 Å². The monoisotopic (exact) mass is 539 g/mol. The minimum atomic E-state index is -1.11. The number of carbonyl (C=O) groups excluding carboxylic acids is 3. The molecule has 0 bridgehead atoms. The molecular formula is C31H43N3O5. The predicted octanol–water partition coefficient (Wildman–Crippen LogP) is 5.59. The van der Waals surface area contributed by atoms with Gasteiger partial charge in [0, 0.05) is 27.8 Å². The van der Waals surface area contributed by atoms with Gasteiger partial charge in [-0.05, 0) is 96.0 Å². The maximum absolute atomic E-state index is 14.2. The SMILES string of the molecule is [2H]Cc1ccccc1CCCN(C(=O)[C@H](Cc1ccc(O)cc1)NC(=O)OC(C)(C)C)C(=O)N1CCC[C@]1(C)C[2H]. The standard InChI is InChI=1S/C31H43N3O5/c1-22-11-7-8-12-24(22)13-9-19-33(29(38)34-20-10-18-31(34,5)6)27(36)26(32-28(37)39-30(2,3)4)21-23-14-16-25(35)17-15-23/h7-8,11-12,14-17,26,35H,9-10,13,18-21H2,1-6H3,(H,32,37)/t26-/m0/s1/i1D,5D/t26-,31+. The van der Waals surface area contributed by atoms with Crippen molar-refractivity contribution >= 4 is 18.0 Å². The number of alkyl carbamates (subject to hydrolysis) is 1. The fourth-order valence-corrected chi connectivity index (χ4v) is 4.73. The maximum atomic E-state index is 14.2. The number of amides is 4. The van der Waals surface area contributed by atoms with E-state index in [4.69, 9.17) is 7.48 Å². The van der Waals surface area contributed by atoms with Crippen molar-refractivity contribution in [1.82, 2.24) is 15.1 Å². The summed E-state index contributed by atoms with van der Waals surface area (Å²) in [5, 5.41) is 12.4. The number of hydrogen-bond acceptors (Lipinski definition) is 5. The Balaban J connectivity index is 1.91. The fourth-order valence-electron chi connectivity index (χ4n) is 4.73. The van der Waals surface area contributed by atoms with Crippen LogP contribution in [0.15, 0.2) is 48.5 Å². The van der Waals surface area contributed by atoms with E-state index >= 15 is 0 Å². The van der Waals surface area contributed by atoms with Crippen LogP contribution in [0.25, 0.3) is 0 Å². The highest BCUT2D eigenvalue weighted by molar-refractivity contribution is 5.98. The third-order valence-corrected chi connectivity index (χ3v) is 6.79. The van der Waals surface area contributed by atoms with Crippen LogP contribution in [0.2, 0.25) is 0 Å². The lowest BCUT2D eigenvalue weighted by Crippen LogP contribution is -2.57. The van der Waals surface area contributed by atoms with E-state index in [-0.39, 0.29) is 32.5 Å². The van der Waals surface area contributed by atoms with Gasteiger partial charge in [0.05, 0.1) is 0 Å². The molecule has 4 amide bonds. The van der Waals surface area contributed by atoms with Crippen LogP contribution < -0.4 is 5.32 Å². The van der Waals surface area contributed by atoms with Gasteiger partial charge in [-0.15, -0.1) is 0 Å². The molecule has 1 aliphatic heterocycles. The summed E-state index contributed by atoms with van der Waals surface area (Å²) in [7, 11) is 0. The second kappa shape index (κ2) is 12.5. The smallest absolute Gasteiger partial charge is 0.408 e. The molecule has 8 nitrogen and oxygen atoms in total. The van der Waals surface area contributed by atoms with Gasteiger partial charge in [0.1, 0.15) is 17.4 Å². The number of likely N-dealkylation sites (tertiary alicyclic amines) is 1. The summed E-state index contributed by atoms with van der Waals surface area (Å²) in [5.41, 5.74) is 1.11. The Morgan fingerprint density at radius 3 is 2.56 bits per heavy atom. The first-order chi connectivity index (χ1) is 19.4. The zero-order valence-electron chi connectivity index (χ0n) is 25.5. The lowest BCUT2D eigenvalue weighted by atomic mass is 10.0. The van der Waals surface area contributed by atoms with E-state index in [0.29, 0.717) is 31.4 Å². The Kier molecular flexibility index (Phi) is 8.69. The van der Waals surface area contributed by atoms with E-state index in [1.165, 1.54) is 17.0 Å². The van der Waals surface area contributed by atoms with Gasteiger partial charge in [0.15, 0.2) is 0 Å². The summed E-state index contributed by atoms with van der Waals surface area (Å²) in [6.45, 7) is 7.75. The van der Waals surface area contributed by atoms with Crippen molar-refractivity contribution in [2.24, 2.45) is 0 Å². The minimum absolute atomic E-state index is 0.0186. The number of ether oxygens (including phenoxy) is 1. The number of nitrogens with one attached hydrogen (secondary N) is 1. The van der Waals surface area contributed by atoms with Gasteiger partial charge in [-0.3, -0.25) is 9.69 Å². The molecule has 39 heavy (non-hydrogen) atoms. The van der Waals surface area contributed by atoms with Crippen LogP contribution in [0.3, 0.4) is 0 Å². The van der Waals surface area contributed by atoms with E-state index in [1.807, 2.05) is 31.2 Å². The van der Waals surface area contributed by atoms with Crippen LogP contribution in [-0.2, 0) is 22.4 Å². The first-order valence-corrected chi connectivity index (χ1v) is 13.4. The van der Waals surface area contributed by atoms with Crippen LogP contribution in [0.4, 0.5) is 9.59 Å². The molecule has 1 heterocycles. The molecule has 2 atom stereocenters. The van der Waals surface area contributed by atoms with Gasteiger partial charge < -0.3 is 20.1 Å². The van der Waals surface area contributed by atoms with Crippen LogP contribution in [-0.4, -0.2) is 63.2 Å². The van der Waals surface area contributed by atoms with Gasteiger partial charge in [-0.2, -0.15) is 0 Å². The van der Waals surface area contributed by atoms with Crippen LogP contribution in [0, 0.1) is 6.90 Å². The van der Waals surface area contributed by atoms with E-state index in [1.54, 1.807) is 37.8 Å². The van der Waals surface area contributed by atoms with Crippen molar-refractivity contribution < 1.29 is 27.0 Å². The molecule has 0 radical (unpaired) electrons. The molecule has 8 heteroatoms. The Hall–Kier alpha value is -3.55. The Labute approximate surface area is 235 Å². The van der Waals surface area contributed by atoms with Crippen molar-refractivity contribution in [2.45, 2.75) is 90.8 Å². The number of phenols is 1. The summed E-state index contributed by atoms with van der Waals surface area (Å²) in [6, 6.07) is 12.4. The van der Waals surface area contributed by atoms with Crippen molar-refractivity contribution in [3.05, 3.63) is 65.2 Å². The molecule has 212 valence electrons. The average molecular weight is 540 g/mol. The van der Waals surface area contributed by atoms with Gasteiger partial charge in [0.25, 0.3) is 5.91 Å². The molecule has 1 fully saturated rings. The number of aromatic hydroxyl groups is 1. The molecule has 0 unspecified atom stereocenters. The molecule has 2 N–H and O–H groups in total. The lowest BCUT2D eigenvalue weighted by Gasteiger charge is -2.37. The summed E-state index contributed by atoms with van der Waals surface area (Å²) in [6.07, 6.45) is 1.77. The molecule has 0 spiro atoms. The molecule has 1 aliphatic rings. The van der Waals surface area contributed by atoms with Crippen LogP contribution in [0.5, 0.6) is 5.75 Å². The number of aryl methyl sites for hydroxylation is 2. The number of urea groups is 1. The Bertz CT molecular complexity index is 1200. The largest absolute Gasteiger partial charge is 0.508 e. The Morgan fingerprint density at radius 1 is 1.18 bits per heavy atom. The van der Waals surface area contributed by atoms with E-state index in [9.17, 15) is 19.5 Å². The van der Waals surface area contributed by atoms with Gasteiger partial charge in [0.2, 0.25) is 0 Å². The normalized spacial score (nSPS) is 18.6. The molecule has 1 saturated heterocycles. The summed E-state index contributed by atoms with van der Waals surface area (Å²) < 4.78 is 21.3. The highest BCUT2D eigenvalue weighted by atomic mass is 16.6. The first-order valence-electron chi connectivity index (χ1n) is 14.8. The summed E-state index contributed by atoms with van der Waals surface area (Å²) in [5.74, 6) is -0.493.